The van der Waals surface area contributed by atoms with Crippen molar-refractivity contribution >= 4 is 21.8 Å². The summed E-state index contributed by atoms with van der Waals surface area (Å²) in [6.45, 7) is 2.55. The molecule has 3 N–H and O–H groups in total. The Morgan fingerprint density at radius 3 is 2.90 bits per heavy atom. The number of ether oxygens (including phenoxy) is 1. The van der Waals surface area contributed by atoms with Crippen LogP contribution in [-0.2, 0) is 6.54 Å². The lowest BCUT2D eigenvalue weighted by Crippen LogP contribution is -2.33. The van der Waals surface area contributed by atoms with Gasteiger partial charge in [0.1, 0.15) is 23.9 Å². The monoisotopic (exact) mass is 352 g/mol. The minimum atomic E-state index is -0.207. The Bertz CT molecular complexity index is 612. The Labute approximate surface area is 131 Å². The number of furan rings is 1. The van der Waals surface area contributed by atoms with Crippen molar-refractivity contribution in [2.45, 2.75) is 19.6 Å². The predicted molar refractivity (Wildman–Crippen MR) is 83.2 cm³/mol. The van der Waals surface area contributed by atoms with E-state index in [1.807, 2.05) is 31.2 Å². The topological polar surface area (TPSA) is 77.5 Å². The van der Waals surface area contributed by atoms with Gasteiger partial charge in [0, 0.05) is 0 Å². The highest BCUT2D eigenvalue weighted by Gasteiger charge is 2.12. The van der Waals surface area contributed by atoms with Gasteiger partial charge in [-0.2, -0.15) is 0 Å². The first-order chi connectivity index (χ1) is 10.1. The molecule has 0 radical (unpaired) electrons. The van der Waals surface area contributed by atoms with Gasteiger partial charge in [-0.3, -0.25) is 4.79 Å². The quantitative estimate of drug-likeness (QED) is 0.837. The predicted octanol–water partition coefficient (Wildman–Crippen LogP) is 2.70. The molecule has 1 aromatic carbocycles. The van der Waals surface area contributed by atoms with Crippen LogP contribution in [0.15, 0.2) is 45.5 Å². The summed E-state index contributed by atoms with van der Waals surface area (Å²) < 4.78 is 11.8. The molecule has 0 bridgehead atoms. The lowest BCUT2D eigenvalue weighted by atomic mass is 10.3. The number of hydrogen-bond donors (Lipinski definition) is 2. The lowest BCUT2D eigenvalue weighted by molar-refractivity contribution is 0.0931. The molecule has 0 aliphatic heterocycles. The second kappa shape index (κ2) is 7.28. The van der Waals surface area contributed by atoms with Crippen LogP contribution in [0.2, 0.25) is 0 Å². The SMILES string of the molecule is CC(CNC(=O)c1coc(CN)c1)Oc1ccccc1Br. The second-order valence-corrected chi connectivity index (χ2v) is 5.43. The second-order valence-electron chi connectivity index (χ2n) is 4.57. The van der Waals surface area contributed by atoms with Crippen LogP contribution in [0.4, 0.5) is 0 Å². The normalized spacial score (nSPS) is 12.0. The third-order valence-electron chi connectivity index (χ3n) is 2.83. The Balaban J connectivity index is 1.85. The van der Waals surface area contributed by atoms with Crippen molar-refractivity contribution in [2.24, 2.45) is 5.73 Å². The largest absolute Gasteiger partial charge is 0.488 e. The average molecular weight is 353 g/mol. The summed E-state index contributed by atoms with van der Waals surface area (Å²) in [5.41, 5.74) is 5.90. The first-order valence-electron chi connectivity index (χ1n) is 6.57. The molecule has 0 aliphatic rings. The molecule has 1 aromatic heterocycles. The van der Waals surface area contributed by atoms with Gasteiger partial charge < -0.3 is 20.2 Å². The maximum Gasteiger partial charge on any atom is 0.254 e. The average Bonchev–Trinajstić information content (AvgIpc) is 2.96. The Morgan fingerprint density at radius 1 is 1.48 bits per heavy atom. The molecule has 2 rings (SSSR count). The third-order valence-corrected chi connectivity index (χ3v) is 3.49. The molecule has 21 heavy (non-hydrogen) atoms. The Morgan fingerprint density at radius 2 is 2.24 bits per heavy atom. The number of halogens is 1. The number of carbonyl (C=O) groups is 1. The molecule has 0 aliphatic carbocycles. The minimum absolute atomic E-state index is 0.159. The molecule has 0 spiro atoms. The number of para-hydroxylation sites is 1. The van der Waals surface area contributed by atoms with E-state index in [2.05, 4.69) is 21.2 Å². The van der Waals surface area contributed by atoms with Crippen molar-refractivity contribution in [3.05, 3.63) is 52.4 Å². The van der Waals surface area contributed by atoms with Gasteiger partial charge in [-0.1, -0.05) is 12.1 Å². The molecule has 6 heteroatoms. The summed E-state index contributed by atoms with van der Waals surface area (Å²) in [6.07, 6.45) is 1.24. The van der Waals surface area contributed by atoms with Gasteiger partial charge in [0.15, 0.2) is 0 Å². The fourth-order valence-corrected chi connectivity index (χ4v) is 2.12. The zero-order chi connectivity index (χ0) is 15.2. The van der Waals surface area contributed by atoms with Gasteiger partial charge in [0.25, 0.3) is 5.91 Å². The number of amides is 1. The van der Waals surface area contributed by atoms with Gasteiger partial charge in [-0.25, -0.2) is 0 Å². The zero-order valence-corrected chi connectivity index (χ0v) is 13.2. The fourth-order valence-electron chi connectivity index (χ4n) is 1.74. The van der Waals surface area contributed by atoms with Crippen molar-refractivity contribution < 1.29 is 13.9 Å². The number of hydrogen-bond acceptors (Lipinski definition) is 4. The molecule has 5 nitrogen and oxygen atoms in total. The number of nitrogens with two attached hydrogens (primary N) is 1. The Hall–Kier alpha value is -1.79. The molecule has 1 atom stereocenters. The smallest absolute Gasteiger partial charge is 0.254 e. The molecule has 112 valence electrons. The van der Waals surface area contributed by atoms with E-state index in [-0.39, 0.29) is 18.6 Å². The maximum absolute atomic E-state index is 11.9. The first kappa shape index (κ1) is 15.6. The summed E-state index contributed by atoms with van der Waals surface area (Å²) >= 11 is 3.42. The van der Waals surface area contributed by atoms with Crippen molar-refractivity contribution in [1.29, 1.82) is 0 Å². The van der Waals surface area contributed by atoms with Crippen LogP contribution >= 0.6 is 15.9 Å². The van der Waals surface area contributed by atoms with Gasteiger partial charge >= 0.3 is 0 Å². The highest BCUT2D eigenvalue weighted by Crippen LogP contribution is 2.24. The number of rotatable bonds is 6. The number of carbonyl (C=O) groups excluding carboxylic acids is 1. The van der Waals surface area contributed by atoms with Crippen molar-refractivity contribution in [1.82, 2.24) is 5.32 Å². The standard InChI is InChI=1S/C15H17BrN2O3/c1-10(21-14-5-3-2-4-13(14)16)8-18-15(19)11-6-12(7-17)20-9-11/h2-6,9-10H,7-8,17H2,1H3,(H,18,19). The number of benzene rings is 1. The maximum atomic E-state index is 11.9. The highest BCUT2D eigenvalue weighted by molar-refractivity contribution is 9.10. The van der Waals surface area contributed by atoms with E-state index in [1.165, 1.54) is 6.26 Å². The Kier molecular flexibility index (Phi) is 5.41. The fraction of sp³-hybridized carbons (Fsp3) is 0.267. The van der Waals surface area contributed by atoms with Crippen LogP contribution in [0.25, 0.3) is 0 Å². The van der Waals surface area contributed by atoms with Crippen molar-refractivity contribution in [3.63, 3.8) is 0 Å². The van der Waals surface area contributed by atoms with Crippen LogP contribution in [0, 0.1) is 0 Å². The van der Waals surface area contributed by atoms with Crippen molar-refractivity contribution in [2.75, 3.05) is 6.54 Å². The van der Waals surface area contributed by atoms with Crippen LogP contribution in [0.1, 0.15) is 23.0 Å². The zero-order valence-electron chi connectivity index (χ0n) is 11.6. The summed E-state index contributed by atoms with van der Waals surface area (Å²) in [4.78, 5) is 11.9. The third kappa shape index (κ3) is 4.34. The summed E-state index contributed by atoms with van der Waals surface area (Å²) in [5.74, 6) is 1.12. The van der Waals surface area contributed by atoms with Crippen molar-refractivity contribution in [3.8, 4) is 5.75 Å². The summed E-state index contributed by atoms with van der Waals surface area (Å²) in [6, 6.07) is 9.21. The van der Waals surface area contributed by atoms with E-state index >= 15 is 0 Å². The first-order valence-corrected chi connectivity index (χ1v) is 7.36. The van der Waals surface area contributed by atoms with E-state index < -0.39 is 0 Å². The van der Waals surface area contributed by atoms with E-state index in [1.54, 1.807) is 6.07 Å². The van der Waals surface area contributed by atoms with E-state index in [0.29, 0.717) is 17.9 Å². The molecule has 2 aromatic rings. The van der Waals surface area contributed by atoms with Crippen LogP contribution in [0.3, 0.4) is 0 Å². The van der Waals surface area contributed by atoms with E-state index in [0.717, 1.165) is 10.2 Å². The van der Waals surface area contributed by atoms with Gasteiger partial charge in [0.2, 0.25) is 0 Å². The van der Waals surface area contributed by atoms with Gasteiger partial charge in [0.05, 0.1) is 23.1 Å². The molecule has 0 saturated carbocycles. The van der Waals surface area contributed by atoms with Crippen LogP contribution in [-0.4, -0.2) is 18.6 Å². The van der Waals surface area contributed by atoms with Crippen LogP contribution < -0.4 is 15.8 Å². The molecule has 0 fully saturated rings. The minimum Gasteiger partial charge on any atom is -0.488 e. The molecule has 1 unspecified atom stereocenters. The molecule has 1 heterocycles. The van der Waals surface area contributed by atoms with Gasteiger partial charge in [-0.05, 0) is 41.1 Å². The molecular weight excluding hydrogens is 336 g/mol. The summed E-state index contributed by atoms with van der Waals surface area (Å²) in [7, 11) is 0. The van der Waals surface area contributed by atoms with Crippen LogP contribution in [0.5, 0.6) is 5.75 Å². The molecular formula is C15H17BrN2O3. The molecule has 0 saturated heterocycles. The summed E-state index contributed by atoms with van der Waals surface area (Å²) in [5, 5.41) is 2.80. The highest BCUT2D eigenvalue weighted by atomic mass is 79.9. The van der Waals surface area contributed by atoms with E-state index in [4.69, 9.17) is 14.9 Å². The number of nitrogens with one attached hydrogen (secondary N) is 1. The molecule has 1 amide bonds. The van der Waals surface area contributed by atoms with E-state index in [9.17, 15) is 4.79 Å². The lowest BCUT2D eigenvalue weighted by Gasteiger charge is -2.16. The van der Waals surface area contributed by atoms with Gasteiger partial charge in [-0.15, -0.1) is 0 Å².